The largest absolute Gasteiger partial charge is 0.399 e. The predicted octanol–water partition coefficient (Wildman–Crippen LogP) is 1.90. The fraction of sp³-hybridized carbons (Fsp3) is 0.357. The Morgan fingerprint density at radius 2 is 2.05 bits per heavy atom. The molecule has 2 aromatic rings. The maximum absolute atomic E-state index is 11.1. The van der Waals surface area contributed by atoms with Crippen molar-refractivity contribution in [2.24, 2.45) is 5.73 Å². The minimum atomic E-state index is -0.697. The number of anilines is 1. The Balaban J connectivity index is 1.90. The number of rotatable bonds is 3. The molecule has 20 heavy (non-hydrogen) atoms. The third-order valence-corrected chi connectivity index (χ3v) is 3.56. The minimum absolute atomic E-state index is 0.141. The van der Waals surface area contributed by atoms with Gasteiger partial charge in [0.25, 0.3) is 0 Å². The first-order valence-electron chi connectivity index (χ1n) is 6.70. The summed E-state index contributed by atoms with van der Waals surface area (Å²) < 4.78 is 5.37. The van der Waals surface area contributed by atoms with Crippen LogP contribution < -0.4 is 10.6 Å². The second kappa shape index (κ2) is 5.32. The van der Waals surface area contributed by atoms with E-state index >= 15 is 0 Å². The molecule has 2 heterocycles. The highest BCUT2D eigenvalue weighted by Crippen LogP contribution is 2.34. The molecule has 1 fully saturated rings. The monoisotopic (exact) mass is 272 g/mol. The number of hydrogen-bond donors (Lipinski definition) is 1. The van der Waals surface area contributed by atoms with Crippen molar-refractivity contribution in [3.63, 3.8) is 0 Å². The number of benzene rings is 1. The van der Waals surface area contributed by atoms with Gasteiger partial charge in [-0.15, -0.1) is 5.10 Å². The van der Waals surface area contributed by atoms with Crippen LogP contribution in [-0.2, 0) is 0 Å². The van der Waals surface area contributed by atoms with Gasteiger partial charge in [0.1, 0.15) is 0 Å². The molecule has 6 heteroatoms. The molecule has 6 nitrogen and oxygen atoms in total. The van der Waals surface area contributed by atoms with E-state index in [1.807, 2.05) is 18.2 Å². The van der Waals surface area contributed by atoms with Crippen molar-refractivity contribution in [3.05, 3.63) is 41.8 Å². The number of nitrogens with two attached hydrogens (primary N) is 1. The van der Waals surface area contributed by atoms with Crippen molar-refractivity contribution in [3.8, 4) is 0 Å². The van der Waals surface area contributed by atoms with Gasteiger partial charge in [-0.3, -0.25) is 4.79 Å². The summed E-state index contributed by atoms with van der Waals surface area (Å²) >= 11 is 0. The van der Waals surface area contributed by atoms with Gasteiger partial charge in [0.15, 0.2) is 0 Å². The second-order valence-corrected chi connectivity index (χ2v) is 4.87. The summed E-state index contributed by atoms with van der Waals surface area (Å²) in [5.74, 6) is -0.839. The number of hydrogen-bond acceptors (Lipinski definition) is 5. The van der Waals surface area contributed by atoms with Crippen molar-refractivity contribution in [2.75, 3.05) is 11.4 Å². The predicted molar refractivity (Wildman–Crippen MR) is 73.2 cm³/mol. The van der Waals surface area contributed by atoms with Crippen LogP contribution in [0.3, 0.4) is 0 Å². The maximum Gasteiger partial charge on any atom is 0.319 e. The average molecular weight is 272 g/mol. The van der Waals surface area contributed by atoms with Gasteiger partial charge in [-0.2, -0.15) is 0 Å². The second-order valence-electron chi connectivity index (χ2n) is 4.87. The van der Waals surface area contributed by atoms with Crippen molar-refractivity contribution >= 4 is 11.9 Å². The number of carbonyl (C=O) groups excluding carboxylic acids is 1. The molecule has 0 radical (unpaired) electrons. The smallest absolute Gasteiger partial charge is 0.319 e. The van der Waals surface area contributed by atoms with E-state index in [1.54, 1.807) is 0 Å². The zero-order valence-electron chi connectivity index (χ0n) is 11.0. The van der Waals surface area contributed by atoms with Crippen LogP contribution in [0.25, 0.3) is 0 Å². The van der Waals surface area contributed by atoms with E-state index in [-0.39, 0.29) is 11.9 Å². The number of amides is 1. The molecule has 0 spiro atoms. The van der Waals surface area contributed by atoms with Gasteiger partial charge < -0.3 is 15.1 Å². The average Bonchev–Trinajstić information content (AvgIpc) is 2.98. The quantitative estimate of drug-likeness (QED) is 0.922. The first kappa shape index (κ1) is 12.7. The van der Waals surface area contributed by atoms with E-state index in [0.29, 0.717) is 6.01 Å². The number of piperidine rings is 1. The van der Waals surface area contributed by atoms with E-state index in [1.165, 1.54) is 5.56 Å². The van der Waals surface area contributed by atoms with Gasteiger partial charge in [-0.25, -0.2) is 0 Å². The van der Waals surface area contributed by atoms with E-state index in [2.05, 4.69) is 27.2 Å². The third-order valence-electron chi connectivity index (χ3n) is 3.56. The Labute approximate surface area is 116 Å². The van der Waals surface area contributed by atoms with Crippen LogP contribution in [0.15, 0.2) is 34.7 Å². The van der Waals surface area contributed by atoms with E-state index in [9.17, 15) is 4.79 Å². The molecule has 0 bridgehead atoms. The molecule has 0 saturated carbocycles. The maximum atomic E-state index is 11.1. The summed E-state index contributed by atoms with van der Waals surface area (Å²) in [5.41, 5.74) is 6.36. The van der Waals surface area contributed by atoms with Gasteiger partial charge in [0.2, 0.25) is 0 Å². The van der Waals surface area contributed by atoms with Crippen LogP contribution in [0.1, 0.15) is 41.6 Å². The summed E-state index contributed by atoms with van der Waals surface area (Å²) in [5, 5.41) is 7.63. The van der Waals surface area contributed by atoms with Gasteiger partial charge >= 0.3 is 17.8 Å². The number of aromatic nitrogens is 2. The van der Waals surface area contributed by atoms with Crippen LogP contribution in [-0.4, -0.2) is 22.6 Å². The molecule has 3 rings (SSSR count). The SMILES string of the molecule is NC(=O)c1nnc(N2CCCCC2c2ccccc2)o1. The molecule has 1 aromatic carbocycles. The van der Waals surface area contributed by atoms with Crippen LogP contribution in [0.5, 0.6) is 0 Å². The Morgan fingerprint density at radius 1 is 1.25 bits per heavy atom. The summed E-state index contributed by atoms with van der Waals surface area (Å²) in [6.45, 7) is 0.833. The Morgan fingerprint density at radius 3 is 2.75 bits per heavy atom. The first-order valence-corrected chi connectivity index (χ1v) is 6.70. The van der Waals surface area contributed by atoms with Crippen LogP contribution in [0, 0.1) is 0 Å². The molecule has 1 amide bonds. The summed E-state index contributed by atoms with van der Waals surface area (Å²) in [6, 6.07) is 10.8. The lowest BCUT2D eigenvalue weighted by molar-refractivity contribution is 0.0967. The fourth-order valence-electron chi connectivity index (χ4n) is 2.61. The zero-order valence-corrected chi connectivity index (χ0v) is 11.0. The van der Waals surface area contributed by atoms with Crippen molar-refractivity contribution in [1.82, 2.24) is 10.2 Å². The lowest BCUT2D eigenvalue weighted by Crippen LogP contribution is -2.33. The van der Waals surface area contributed by atoms with E-state index in [0.717, 1.165) is 25.8 Å². The Hall–Kier alpha value is -2.37. The highest BCUT2D eigenvalue weighted by molar-refractivity contribution is 5.87. The normalized spacial score (nSPS) is 19.0. The zero-order chi connectivity index (χ0) is 13.9. The van der Waals surface area contributed by atoms with Crippen molar-refractivity contribution in [2.45, 2.75) is 25.3 Å². The topological polar surface area (TPSA) is 85.2 Å². The van der Waals surface area contributed by atoms with Gasteiger partial charge in [-0.05, 0) is 24.8 Å². The van der Waals surface area contributed by atoms with Crippen molar-refractivity contribution < 1.29 is 9.21 Å². The third kappa shape index (κ3) is 2.36. The number of primary amides is 1. The fourth-order valence-corrected chi connectivity index (χ4v) is 2.61. The molecule has 0 aliphatic carbocycles. The molecule has 2 N–H and O–H groups in total. The van der Waals surface area contributed by atoms with Gasteiger partial charge in [0.05, 0.1) is 6.04 Å². The standard InChI is InChI=1S/C14H16N4O2/c15-12(19)13-16-17-14(20-13)18-9-5-4-8-11(18)10-6-2-1-3-7-10/h1-3,6-7,11H,4-5,8-9H2,(H2,15,19). The molecule has 1 saturated heterocycles. The summed E-state index contributed by atoms with van der Waals surface area (Å²) in [6.07, 6.45) is 3.25. The Kier molecular flexibility index (Phi) is 3.37. The first-order chi connectivity index (χ1) is 9.75. The molecule has 1 aliphatic rings. The van der Waals surface area contributed by atoms with E-state index < -0.39 is 5.91 Å². The number of nitrogens with zero attached hydrogens (tertiary/aromatic N) is 3. The van der Waals surface area contributed by atoms with Gasteiger partial charge in [0, 0.05) is 6.54 Å². The van der Waals surface area contributed by atoms with Gasteiger partial charge in [-0.1, -0.05) is 35.4 Å². The summed E-state index contributed by atoms with van der Waals surface area (Å²) in [7, 11) is 0. The molecular formula is C14H16N4O2. The van der Waals surface area contributed by atoms with Crippen LogP contribution in [0.2, 0.25) is 0 Å². The lowest BCUT2D eigenvalue weighted by atomic mass is 9.96. The molecule has 1 unspecified atom stereocenters. The highest BCUT2D eigenvalue weighted by atomic mass is 16.4. The molecule has 1 atom stereocenters. The van der Waals surface area contributed by atoms with Crippen molar-refractivity contribution in [1.29, 1.82) is 0 Å². The number of carbonyl (C=O) groups is 1. The molecular weight excluding hydrogens is 256 g/mol. The molecule has 104 valence electrons. The minimum Gasteiger partial charge on any atom is -0.399 e. The highest BCUT2D eigenvalue weighted by Gasteiger charge is 2.28. The van der Waals surface area contributed by atoms with Crippen LogP contribution in [0.4, 0.5) is 6.01 Å². The van der Waals surface area contributed by atoms with Crippen LogP contribution >= 0.6 is 0 Å². The summed E-state index contributed by atoms with van der Waals surface area (Å²) in [4.78, 5) is 13.1. The molecule has 1 aromatic heterocycles. The Bertz CT molecular complexity index is 596. The molecule has 1 aliphatic heterocycles. The van der Waals surface area contributed by atoms with E-state index in [4.69, 9.17) is 10.2 Å². The lowest BCUT2D eigenvalue weighted by Gasteiger charge is -2.34.